The average Bonchev–Trinajstić information content (AvgIpc) is 3.10. The van der Waals surface area contributed by atoms with Gasteiger partial charge in [-0.25, -0.2) is 4.39 Å². The van der Waals surface area contributed by atoms with Crippen molar-refractivity contribution >= 4 is 11.5 Å². The molecule has 124 valence electrons. The van der Waals surface area contributed by atoms with Crippen molar-refractivity contribution in [1.29, 1.82) is 0 Å². The molecule has 1 amide bonds. The maximum atomic E-state index is 13.0. The van der Waals surface area contributed by atoms with Crippen molar-refractivity contribution in [2.45, 2.75) is 26.1 Å². The molecule has 0 N–H and O–H groups in total. The van der Waals surface area contributed by atoms with Gasteiger partial charge in [0.15, 0.2) is 6.29 Å². The first-order chi connectivity index (χ1) is 11.1. The molecule has 5 heteroatoms. The van der Waals surface area contributed by atoms with Crippen molar-refractivity contribution in [3.8, 4) is 0 Å². The minimum Gasteiger partial charge on any atom is -0.350 e. The Kier molecular flexibility index (Phi) is 5.08. The summed E-state index contributed by atoms with van der Waals surface area (Å²) in [7, 11) is 0. The van der Waals surface area contributed by atoms with Gasteiger partial charge in [0.1, 0.15) is 5.82 Å². The van der Waals surface area contributed by atoms with Crippen LogP contribution in [-0.4, -0.2) is 43.4 Å². The molecule has 2 saturated heterocycles. The quantitative estimate of drug-likeness (QED) is 0.804. The van der Waals surface area contributed by atoms with Gasteiger partial charge in [0, 0.05) is 25.1 Å². The van der Waals surface area contributed by atoms with Crippen LogP contribution in [0.3, 0.4) is 0 Å². The summed E-state index contributed by atoms with van der Waals surface area (Å²) in [6, 6.07) is 6.19. The maximum Gasteiger partial charge on any atom is 0.246 e. The van der Waals surface area contributed by atoms with E-state index in [1.807, 2.05) is 11.8 Å². The number of hydrogen-bond acceptors (Lipinski definition) is 3. The number of carbonyl (C=O) groups excluding carboxylic acids is 1. The number of likely N-dealkylation sites (tertiary alicyclic amines) is 1. The Balaban J connectivity index is 1.56. The predicted octanol–water partition coefficient (Wildman–Crippen LogP) is 2.84. The van der Waals surface area contributed by atoms with Crippen molar-refractivity contribution in [3.05, 3.63) is 41.7 Å². The molecule has 0 spiro atoms. The fourth-order valence-electron chi connectivity index (χ4n) is 3.11. The van der Waals surface area contributed by atoms with Crippen LogP contribution in [0, 0.1) is 11.7 Å². The Morgan fingerprint density at radius 2 is 1.78 bits per heavy atom. The van der Waals surface area contributed by atoms with Crippen LogP contribution in [0.15, 0.2) is 30.3 Å². The van der Waals surface area contributed by atoms with Gasteiger partial charge in [0.05, 0.1) is 13.2 Å². The lowest BCUT2D eigenvalue weighted by molar-refractivity contribution is -0.132. The first-order valence-corrected chi connectivity index (χ1v) is 8.10. The Morgan fingerprint density at radius 1 is 1.17 bits per heavy atom. The van der Waals surface area contributed by atoms with E-state index in [1.165, 1.54) is 12.1 Å². The fraction of sp³-hybridized carbons (Fsp3) is 0.500. The molecule has 3 rings (SSSR count). The third-order valence-corrected chi connectivity index (χ3v) is 4.52. The van der Waals surface area contributed by atoms with Crippen LogP contribution in [0.4, 0.5) is 4.39 Å². The first-order valence-electron chi connectivity index (χ1n) is 8.10. The number of hydrogen-bond donors (Lipinski definition) is 0. The summed E-state index contributed by atoms with van der Waals surface area (Å²) in [5.41, 5.74) is 1.71. The third-order valence-electron chi connectivity index (χ3n) is 4.52. The highest BCUT2D eigenvalue weighted by molar-refractivity contribution is 5.94. The van der Waals surface area contributed by atoms with E-state index >= 15 is 0 Å². The van der Waals surface area contributed by atoms with Gasteiger partial charge in [0.2, 0.25) is 5.91 Å². The number of benzene rings is 1. The zero-order valence-electron chi connectivity index (χ0n) is 13.3. The van der Waals surface area contributed by atoms with Crippen LogP contribution < -0.4 is 0 Å². The molecule has 2 aliphatic rings. The highest BCUT2D eigenvalue weighted by Crippen LogP contribution is 2.26. The van der Waals surface area contributed by atoms with Gasteiger partial charge >= 0.3 is 0 Å². The molecule has 0 saturated carbocycles. The second kappa shape index (κ2) is 7.23. The SMILES string of the molecule is C/C(=C/C(=O)N1CCC(C2OCCO2)CC1)c1ccc(F)cc1. The van der Waals surface area contributed by atoms with Crippen molar-refractivity contribution in [1.82, 2.24) is 4.90 Å². The largest absolute Gasteiger partial charge is 0.350 e. The number of halogens is 1. The van der Waals surface area contributed by atoms with E-state index in [2.05, 4.69) is 0 Å². The Labute approximate surface area is 135 Å². The molecular weight excluding hydrogens is 297 g/mol. The van der Waals surface area contributed by atoms with Crippen LogP contribution in [0.5, 0.6) is 0 Å². The highest BCUT2D eigenvalue weighted by atomic mass is 19.1. The molecule has 0 atom stereocenters. The van der Waals surface area contributed by atoms with Gasteiger partial charge in [-0.15, -0.1) is 0 Å². The zero-order valence-corrected chi connectivity index (χ0v) is 13.3. The second-order valence-corrected chi connectivity index (χ2v) is 6.11. The van der Waals surface area contributed by atoms with Crippen LogP contribution in [0.25, 0.3) is 5.57 Å². The number of ether oxygens (including phenoxy) is 2. The van der Waals surface area contributed by atoms with Crippen molar-refractivity contribution in [2.24, 2.45) is 5.92 Å². The molecular formula is C18H22FNO3. The summed E-state index contributed by atoms with van der Waals surface area (Å²) >= 11 is 0. The number of piperidine rings is 1. The second-order valence-electron chi connectivity index (χ2n) is 6.11. The Bertz CT molecular complexity index is 570. The van der Waals surface area contributed by atoms with E-state index in [4.69, 9.17) is 9.47 Å². The van der Waals surface area contributed by atoms with Gasteiger partial charge in [-0.3, -0.25) is 4.79 Å². The van der Waals surface area contributed by atoms with Gasteiger partial charge in [0.25, 0.3) is 0 Å². The van der Waals surface area contributed by atoms with Gasteiger partial charge in [-0.1, -0.05) is 12.1 Å². The Hall–Kier alpha value is -1.72. The molecule has 1 aromatic rings. The molecule has 2 fully saturated rings. The van der Waals surface area contributed by atoms with Crippen molar-refractivity contribution in [2.75, 3.05) is 26.3 Å². The van der Waals surface area contributed by atoms with E-state index in [0.717, 1.165) is 37.1 Å². The minimum absolute atomic E-state index is 0.0125. The molecule has 2 aliphatic heterocycles. The molecule has 0 unspecified atom stereocenters. The highest BCUT2D eigenvalue weighted by Gasteiger charge is 2.31. The van der Waals surface area contributed by atoms with Gasteiger partial charge in [-0.05, 0) is 43.0 Å². The van der Waals surface area contributed by atoms with E-state index in [9.17, 15) is 9.18 Å². The maximum absolute atomic E-state index is 13.0. The lowest BCUT2D eigenvalue weighted by Crippen LogP contribution is -2.40. The molecule has 2 heterocycles. The molecule has 1 aromatic carbocycles. The summed E-state index contributed by atoms with van der Waals surface area (Å²) < 4.78 is 24.1. The number of allylic oxidation sites excluding steroid dienone is 1. The summed E-state index contributed by atoms with van der Waals surface area (Å²) in [5, 5.41) is 0. The van der Waals surface area contributed by atoms with Gasteiger partial charge < -0.3 is 14.4 Å². The molecule has 23 heavy (non-hydrogen) atoms. The lowest BCUT2D eigenvalue weighted by Gasteiger charge is -2.33. The van der Waals surface area contributed by atoms with Gasteiger partial charge in [-0.2, -0.15) is 0 Å². The van der Waals surface area contributed by atoms with Crippen molar-refractivity contribution < 1.29 is 18.7 Å². The zero-order chi connectivity index (χ0) is 16.2. The third kappa shape index (κ3) is 3.98. The Morgan fingerprint density at radius 3 is 2.39 bits per heavy atom. The molecule has 4 nitrogen and oxygen atoms in total. The van der Waals surface area contributed by atoms with Crippen LogP contribution in [0.1, 0.15) is 25.3 Å². The average molecular weight is 319 g/mol. The van der Waals surface area contributed by atoms with E-state index < -0.39 is 0 Å². The summed E-state index contributed by atoms with van der Waals surface area (Å²) in [4.78, 5) is 14.2. The van der Waals surface area contributed by atoms with E-state index in [-0.39, 0.29) is 18.0 Å². The molecule has 0 aliphatic carbocycles. The van der Waals surface area contributed by atoms with E-state index in [0.29, 0.717) is 19.1 Å². The summed E-state index contributed by atoms with van der Waals surface area (Å²) in [6.45, 7) is 4.66. The van der Waals surface area contributed by atoms with E-state index in [1.54, 1.807) is 18.2 Å². The van der Waals surface area contributed by atoms with Crippen LogP contribution in [-0.2, 0) is 14.3 Å². The summed E-state index contributed by atoms with van der Waals surface area (Å²) in [5.74, 6) is 0.119. The number of rotatable bonds is 3. The standard InChI is InChI=1S/C18H22FNO3/c1-13(14-2-4-16(19)5-3-14)12-17(21)20-8-6-15(7-9-20)18-22-10-11-23-18/h2-5,12,15,18H,6-11H2,1H3/b13-12-. The number of amides is 1. The normalized spacial score (nSPS) is 21.0. The molecule has 0 radical (unpaired) electrons. The minimum atomic E-state index is -0.272. The topological polar surface area (TPSA) is 38.8 Å². The van der Waals surface area contributed by atoms with Crippen LogP contribution >= 0.6 is 0 Å². The first kappa shape index (κ1) is 16.1. The lowest BCUT2D eigenvalue weighted by atomic mass is 9.96. The number of nitrogens with zero attached hydrogens (tertiary/aromatic N) is 1. The monoisotopic (exact) mass is 319 g/mol. The number of carbonyl (C=O) groups is 1. The predicted molar refractivity (Wildman–Crippen MR) is 85.0 cm³/mol. The summed E-state index contributed by atoms with van der Waals surface area (Å²) in [6.07, 6.45) is 3.35. The molecule has 0 aromatic heterocycles. The molecule has 0 bridgehead atoms. The van der Waals surface area contributed by atoms with Crippen LogP contribution in [0.2, 0.25) is 0 Å². The van der Waals surface area contributed by atoms with Crippen molar-refractivity contribution in [3.63, 3.8) is 0 Å². The smallest absolute Gasteiger partial charge is 0.246 e. The fourth-order valence-corrected chi connectivity index (χ4v) is 3.11.